The van der Waals surface area contributed by atoms with Crippen LogP contribution in [0.15, 0.2) is 18.2 Å². The molecule has 1 aliphatic rings. The summed E-state index contributed by atoms with van der Waals surface area (Å²) in [4.78, 5) is 24.2. The molecular weight excluding hydrogens is 309 g/mol. The second-order valence-electron chi connectivity index (χ2n) is 6.53. The summed E-state index contributed by atoms with van der Waals surface area (Å²) < 4.78 is 13.3. The van der Waals surface area contributed by atoms with Crippen LogP contribution in [-0.2, 0) is 9.59 Å². The van der Waals surface area contributed by atoms with Gasteiger partial charge in [0.15, 0.2) is 0 Å². The maximum absolute atomic E-state index is 13.3. The second-order valence-corrected chi connectivity index (χ2v) is 6.53. The number of hydrogen-bond acceptors (Lipinski definition) is 3. The molecule has 2 amide bonds. The van der Waals surface area contributed by atoms with Crippen molar-refractivity contribution < 1.29 is 14.0 Å². The monoisotopic (exact) mass is 331 g/mol. The highest BCUT2D eigenvalue weighted by Gasteiger charge is 2.30. The highest BCUT2D eigenvalue weighted by Crippen LogP contribution is 2.30. The number of anilines is 1. The van der Waals surface area contributed by atoms with Gasteiger partial charge in [0.25, 0.3) is 0 Å². The van der Waals surface area contributed by atoms with E-state index in [0.29, 0.717) is 11.8 Å². The van der Waals surface area contributed by atoms with E-state index in [1.165, 1.54) is 12.1 Å². The topological polar surface area (TPSA) is 82.0 Å². The molecule has 2 rings (SSSR count). The van der Waals surface area contributed by atoms with Crippen LogP contribution in [0.2, 0.25) is 0 Å². The van der Waals surface area contributed by atoms with Crippen LogP contribution in [0.1, 0.15) is 45.1 Å². The smallest absolute Gasteiger partial charge is 0.313 e. The second kappa shape index (κ2) is 7.91. The van der Waals surface area contributed by atoms with Crippen molar-refractivity contribution in [3.8, 4) is 6.07 Å². The van der Waals surface area contributed by atoms with Crippen molar-refractivity contribution in [3.63, 3.8) is 0 Å². The van der Waals surface area contributed by atoms with Gasteiger partial charge in [0.2, 0.25) is 0 Å². The first-order valence-electron chi connectivity index (χ1n) is 8.24. The number of benzene rings is 1. The largest absolute Gasteiger partial charge is 0.345 e. The van der Waals surface area contributed by atoms with Gasteiger partial charge in [-0.3, -0.25) is 9.59 Å². The van der Waals surface area contributed by atoms with E-state index in [9.17, 15) is 14.0 Å². The molecule has 5 nitrogen and oxygen atoms in total. The van der Waals surface area contributed by atoms with E-state index in [4.69, 9.17) is 5.26 Å². The molecule has 2 atom stereocenters. The minimum atomic E-state index is -0.807. The Labute approximate surface area is 141 Å². The molecule has 2 unspecified atom stereocenters. The standard InChI is InChI=1S/C18H22FN3O2/c1-11(2)14-5-3-4-6-16(14)22-18(24)17(23)21-13-7-8-15(19)12(9-13)10-20/h7-9,11,14,16H,3-6H2,1-2H3,(H,21,23)(H,22,24). The Kier molecular flexibility index (Phi) is 5.91. The van der Waals surface area contributed by atoms with Crippen LogP contribution in [0.3, 0.4) is 0 Å². The number of halogens is 1. The van der Waals surface area contributed by atoms with Gasteiger partial charge in [0, 0.05) is 11.7 Å². The molecule has 128 valence electrons. The van der Waals surface area contributed by atoms with Crippen molar-refractivity contribution in [2.45, 2.75) is 45.6 Å². The van der Waals surface area contributed by atoms with E-state index in [2.05, 4.69) is 24.5 Å². The van der Waals surface area contributed by atoms with E-state index in [0.717, 1.165) is 31.7 Å². The first-order chi connectivity index (χ1) is 11.4. The predicted molar refractivity (Wildman–Crippen MR) is 88.5 cm³/mol. The molecule has 0 aliphatic heterocycles. The SMILES string of the molecule is CC(C)C1CCCCC1NC(=O)C(=O)Nc1ccc(F)c(C#N)c1. The predicted octanol–water partition coefficient (Wildman–Crippen LogP) is 2.97. The fraction of sp³-hybridized carbons (Fsp3) is 0.500. The number of nitrogens with zero attached hydrogens (tertiary/aromatic N) is 1. The molecule has 1 aromatic rings. The Morgan fingerprint density at radius 2 is 1.96 bits per heavy atom. The summed E-state index contributed by atoms with van der Waals surface area (Å²) >= 11 is 0. The number of carbonyl (C=O) groups excluding carboxylic acids is 2. The molecule has 0 spiro atoms. The first-order valence-corrected chi connectivity index (χ1v) is 8.24. The van der Waals surface area contributed by atoms with Gasteiger partial charge in [0.1, 0.15) is 11.9 Å². The van der Waals surface area contributed by atoms with Crippen molar-refractivity contribution in [2.24, 2.45) is 11.8 Å². The molecule has 0 bridgehead atoms. The van der Waals surface area contributed by atoms with Crippen molar-refractivity contribution >= 4 is 17.5 Å². The lowest BCUT2D eigenvalue weighted by atomic mass is 9.78. The van der Waals surface area contributed by atoms with Crippen molar-refractivity contribution in [1.29, 1.82) is 5.26 Å². The van der Waals surface area contributed by atoms with Crippen LogP contribution in [0.4, 0.5) is 10.1 Å². The number of nitriles is 1. The van der Waals surface area contributed by atoms with Gasteiger partial charge in [-0.25, -0.2) is 4.39 Å². The quantitative estimate of drug-likeness (QED) is 0.835. The summed E-state index contributed by atoms with van der Waals surface area (Å²) in [7, 11) is 0. The van der Waals surface area contributed by atoms with Crippen LogP contribution < -0.4 is 10.6 Å². The molecular formula is C18H22FN3O2. The number of carbonyl (C=O) groups is 2. The summed E-state index contributed by atoms with van der Waals surface area (Å²) in [5.41, 5.74) is 0.0394. The lowest BCUT2D eigenvalue weighted by Gasteiger charge is -2.34. The van der Waals surface area contributed by atoms with Crippen molar-refractivity contribution in [2.75, 3.05) is 5.32 Å². The summed E-state index contributed by atoms with van der Waals surface area (Å²) in [6, 6.07) is 5.31. The molecule has 2 N–H and O–H groups in total. The molecule has 1 fully saturated rings. The molecule has 0 heterocycles. The number of amides is 2. The maximum Gasteiger partial charge on any atom is 0.313 e. The maximum atomic E-state index is 13.3. The van der Waals surface area contributed by atoms with Crippen LogP contribution >= 0.6 is 0 Å². The van der Waals surface area contributed by atoms with Gasteiger partial charge in [0.05, 0.1) is 5.56 Å². The van der Waals surface area contributed by atoms with Gasteiger partial charge < -0.3 is 10.6 Å². The average molecular weight is 331 g/mol. The average Bonchev–Trinajstić information content (AvgIpc) is 2.56. The van der Waals surface area contributed by atoms with Gasteiger partial charge >= 0.3 is 11.8 Å². The molecule has 1 aromatic carbocycles. The highest BCUT2D eigenvalue weighted by atomic mass is 19.1. The van der Waals surface area contributed by atoms with E-state index >= 15 is 0 Å². The van der Waals surface area contributed by atoms with E-state index < -0.39 is 17.6 Å². The summed E-state index contributed by atoms with van der Waals surface area (Å²) in [6.07, 6.45) is 4.11. The minimum absolute atomic E-state index is 0.000104. The van der Waals surface area contributed by atoms with Gasteiger partial charge in [-0.2, -0.15) is 5.26 Å². The molecule has 0 radical (unpaired) electrons. The summed E-state index contributed by atoms with van der Waals surface area (Å²) in [6.45, 7) is 4.24. The number of nitrogens with one attached hydrogen (secondary N) is 2. The first kappa shape index (κ1) is 17.9. The Morgan fingerprint density at radius 1 is 1.25 bits per heavy atom. The minimum Gasteiger partial charge on any atom is -0.345 e. The fourth-order valence-electron chi connectivity index (χ4n) is 3.25. The van der Waals surface area contributed by atoms with Crippen LogP contribution in [0, 0.1) is 29.0 Å². The summed E-state index contributed by atoms with van der Waals surface area (Å²) in [5, 5.41) is 14.0. The number of rotatable bonds is 3. The van der Waals surface area contributed by atoms with Gasteiger partial charge in [-0.1, -0.05) is 26.7 Å². The van der Waals surface area contributed by atoms with Crippen LogP contribution in [0.5, 0.6) is 0 Å². The third-order valence-electron chi connectivity index (χ3n) is 4.54. The van der Waals surface area contributed by atoms with Gasteiger partial charge in [-0.05, 0) is 42.9 Å². The normalized spacial score (nSPS) is 20.3. The molecule has 24 heavy (non-hydrogen) atoms. The molecule has 1 saturated carbocycles. The Morgan fingerprint density at radius 3 is 2.62 bits per heavy atom. The Bertz CT molecular complexity index is 667. The summed E-state index contributed by atoms with van der Waals surface area (Å²) in [5.74, 6) is -1.36. The third-order valence-corrected chi connectivity index (χ3v) is 4.54. The van der Waals surface area contributed by atoms with E-state index in [-0.39, 0.29) is 17.3 Å². The lowest BCUT2D eigenvalue weighted by Crippen LogP contribution is -2.47. The van der Waals surface area contributed by atoms with Crippen LogP contribution in [0.25, 0.3) is 0 Å². The van der Waals surface area contributed by atoms with E-state index in [1.807, 2.05) is 0 Å². The Hall–Kier alpha value is -2.42. The zero-order chi connectivity index (χ0) is 17.7. The molecule has 0 aromatic heterocycles. The zero-order valence-electron chi connectivity index (χ0n) is 13.9. The molecule has 1 aliphatic carbocycles. The Balaban J connectivity index is 1.99. The third kappa shape index (κ3) is 4.31. The lowest BCUT2D eigenvalue weighted by molar-refractivity contribution is -0.137. The van der Waals surface area contributed by atoms with E-state index in [1.54, 1.807) is 6.07 Å². The van der Waals surface area contributed by atoms with Crippen molar-refractivity contribution in [3.05, 3.63) is 29.6 Å². The molecule has 6 heteroatoms. The fourth-order valence-corrected chi connectivity index (χ4v) is 3.25. The highest BCUT2D eigenvalue weighted by molar-refractivity contribution is 6.39. The zero-order valence-corrected chi connectivity index (χ0v) is 13.9. The van der Waals surface area contributed by atoms with Crippen molar-refractivity contribution in [1.82, 2.24) is 5.32 Å². The van der Waals surface area contributed by atoms with Gasteiger partial charge in [-0.15, -0.1) is 0 Å². The number of hydrogen-bond donors (Lipinski definition) is 2. The van der Waals surface area contributed by atoms with Crippen LogP contribution in [-0.4, -0.2) is 17.9 Å². The molecule has 0 saturated heterocycles.